The number of rotatable bonds is 6. The maximum atomic E-state index is 12.2. The fourth-order valence-corrected chi connectivity index (χ4v) is 3.06. The average Bonchev–Trinajstić information content (AvgIpc) is 2.67. The third-order valence-corrected chi connectivity index (χ3v) is 4.90. The number of anilines is 1. The van der Waals surface area contributed by atoms with E-state index < -0.39 is 0 Å². The third kappa shape index (κ3) is 4.17. The monoisotopic (exact) mass is 367 g/mol. The zero-order valence-electron chi connectivity index (χ0n) is 15.0. The van der Waals surface area contributed by atoms with Crippen molar-refractivity contribution in [3.8, 4) is 5.75 Å². The molecule has 3 nitrogen and oxygen atoms in total. The first-order chi connectivity index (χ1) is 12.6. The van der Waals surface area contributed by atoms with Gasteiger partial charge in [0.05, 0.1) is 0 Å². The number of hydrogen-bond donors (Lipinski definition) is 1. The first kappa shape index (κ1) is 18.3. The fraction of sp³-hybridized carbons (Fsp3) is 0.227. The van der Waals surface area contributed by atoms with Crippen LogP contribution in [0.4, 0.5) is 5.69 Å². The molecule has 3 aromatic carbocycles. The number of hydrogen-bond acceptors (Lipinski definition) is 2. The van der Waals surface area contributed by atoms with Gasteiger partial charge in [-0.25, -0.2) is 0 Å². The summed E-state index contributed by atoms with van der Waals surface area (Å²) in [6.45, 7) is 4.30. The molecule has 3 aromatic rings. The van der Waals surface area contributed by atoms with E-state index in [4.69, 9.17) is 16.3 Å². The van der Waals surface area contributed by atoms with Gasteiger partial charge in [-0.15, -0.1) is 0 Å². The van der Waals surface area contributed by atoms with Crippen LogP contribution in [-0.4, -0.2) is 12.5 Å². The Bertz CT molecular complexity index is 906. The standard InChI is InChI=1S/C22H22ClNO2/c1-3-15(2)16-8-10-17(11-9-16)24-22(25)14-26-21-13-12-20(23)18-6-4-5-7-19(18)21/h4-13,15H,3,14H2,1-2H3,(H,24,25)/t15-/m1/s1. The maximum Gasteiger partial charge on any atom is 0.262 e. The number of benzene rings is 3. The number of carbonyl (C=O) groups is 1. The first-order valence-corrected chi connectivity index (χ1v) is 9.16. The highest BCUT2D eigenvalue weighted by molar-refractivity contribution is 6.35. The summed E-state index contributed by atoms with van der Waals surface area (Å²) in [6, 6.07) is 19.2. The van der Waals surface area contributed by atoms with E-state index in [0.717, 1.165) is 22.9 Å². The number of carbonyl (C=O) groups excluding carboxylic acids is 1. The maximum absolute atomic E-state index is 12.2. The molecule has 0 aromatic heterocycles. The summed E-state index contributed by atoms with van der Waals surface area (Å²) in [4.78, 5) is 12.2. The fourth-order valence-electron chi connectivity index (χ4n) is 2.83. The predicted molar refractivity (Wildman–Crippen MR) is 108 cm³/mol. The Morgan fingerprint density at radius 3 is 2.42 bits per heavy atom. The van der Waals surface area contributed by atoms with Gasteiger partial charge in [0.2, 0.25) is 0 Å². The van der Waals surface area contributed by atoms with Crippen LogP contribution in [0.2, 0.25) is 5.02 Å². The normalized spacial score (nSPS) is 12.0. The summed E-state index contributed by atoms with van der Waals surface area (Å²) in [5.74, 6) is 0.967. The van der Waals surface area contributed by atoms with Crippen molar-refractivity contribution in [2.45, 2.75) is 26.2 Å². The molecule has 0 radical (unpaired) electrons. The van der Waals surface area contributed by atoms with Gasteiger partial charge in [0.1, 0.15) is 5.75 Å². The highest BCUT2D eigenvalue weighted by Gasteiger charge is 2.09. The Labute approximate surface area is 158 Å². The molecule has 0 aliphatic heterocycles. The highest BCUT2D eigenvalue weighted by Crippen LogP contribution is 2.31. The summed E-state index contributed by atoms with van der Waals surface area (Å²) in [5, 5.41) is 5.34. The van der Waals surface area contributed by atoms with Crippen LogP contribution in [0, 0.1) is 0 Å². The second kappa shape index (κ2) is 8.24. The van der Waals surface area contributed by atoms with Crippen LogP contribution in [0.15, 0.2) is 60.7 Å². The number of fused-ring (bicyclic) bond motifs is 1. The molecule has 0 fully saturated rings. The zero-order chi connectivity index (χ0) is 18.5. The Morgan fingerprint density at radius 1 is 1.04 bits per heavy atom. The molecule has 1 atom stereocenters. The lowest BCUT2D eigenvalue weighted by atomic mass is 9.99. The van der Waals surface area contributed by atoms with Crippen LogP contribution in [0.3, 0.4) is 0 Å². The minimum Gasteiger partial charge on any atom is -0.483 e. The van der Waals surface area contributed by atoms with Crippen LogP contribution in [0.5, 0.6) is 5.75 Å². The van der Waals surface area contributed by atoms with Crippen molar-refractivity contribution in [1.82, 2.24) is 0 Å². The molecule has 0 bridgehead atoms. The lowest BCUT2D eigenvalue weighted by Gasteiger charge is -2.12. The molecule has 0 aliphatic carbocycles. The van der Waals surface area contributed by atoms with Gasteiger partial charge in [0.25, 0.3) is 5.91 Å². The van der Waals surface area contributed by atoms with Gasteiger partial charge < -0.3 is 10.1 Å². The number of ether oxygens (including phenoxy) is 1. The van der Waals surface area contributed by atoms with Crippen LogP contribution < -0.4 is 10.1 Å². The topological polar surface area (TPSA) is 38.3 Å². The molecule has 1 N–H and O–H groups in total. The van der Waals surface area contributed by atoms with Crippen LogP contribution in [-0.2, 0) is 4.79 Å². The molecule has 0 unspecified atom stereocenters. The van der Waals surface area contributed by atoms with Crippen molar-refractivity contribution >= 4 is 34.0 Å². The van der Waals surface area contributed by atoms with Crippen molar-refractivity contribution in [2.75, 3.05) is 11.9 Å². The lowest BCUT2D eigenvalue weighted by molar-refractivity contribution is -0.118. The van der Waals surface area contributed by atoms with E-state index in [-0.39, 0.29) is 12.5 Å². The van der Waals surface area contributed by atoms with E-state index in [1.807, 2.05) is 36.4 Å². The molecule has 3 rings (SSSR count). The van der Waals surface area contributed by atoms with Gasteiger partial charge in [-0.3, -0.25) is 4.79 Å². The summed E-state index contributed by atoms with van der Waals surface area (Å²) >= 11 is 6.21. The van der Waals surface area contributed by atoms with E-state index in [1.165, 1.54) is 5.56 Å². The smallest absolute Gasteiger partial charge is 0.262 e. The molecule has 0 saturated heterocycles. The van der Waals surface area contributed by atoms with Gasteiger partial charge >= 0.3 is 0 Å². The average molecular weight is 368 g/mol. The van der Waals surface area contributed by atoms with Crippen LogP contribution in [0.1, 0.15) is 31.7 Å². The molecule has 0 heterocycles. The summed E-state index contributed by atoms with van der Waals surface area (Å²) in [7, 11) is 0. The number of nitrogens with one attached hydrogen (secondary N) is 1. The molecular formula is C22H22ClNO2. The molecule has 4 heteroatoms. The minimum atomic E-state index is -0.194. The summed E-state index contributed by atoms with van der Waals surface area (Å²) in [6.07, 6.45) is 1.09. The molecular weight excluding hydrogens is 346 g/mol. The quantitative estimate of drug-likeness (QED) is 0.578. The van der Waals surface area contributed by atoms with E-state index >= 15 is 0 Å². The molecule has 0 saturated carbocycles. The van der Waals surface area contributed by atoms with Crippen LogP contribution in [0.25, 0.3) is 10.8 Å². The van der Waals surface area contributed by atoms with E-state index in [9.17, 15) is 4.79 Å². The summed E-state index contributed by atoms with van der Waals surface area (Å²) in [5.41, 5.74) is 2.04. The van der Waals surface area contributed by atoms with E-state index in [0.29, 0.717) is 16.7 Å². The van der Waals surface area contributed by atoms with Gasteiger partial charge in [-0.2, -0.15) is 0 Å². The lowest BCUT2D eigenvalue weighted by Crippen LogP contribution is -2.20. The Hall–Kier alpha value is -2.52. The van der Waals surface area contributed by atoms with Crippen molar-refractivity contribution < 1.29 is 9.53 Å². The second-order valence-corrected chi connectivity index (χ2v) is 6.77. The number of amides is 1. The predicted octanol–water partition coefficient (Wildman–Crippen LogP) is 6.02. The number of halogens is 1. The van der Waals surface area contributed by atoms with Gasteiger partial charge in [-0.1, -0.05) is 61.8 Å². The molecule has 1 amide bonds. The van der Waals surface area contributed by atoms with E-state index in [2.05, 4.69) is 31.3 Å². The van der Waals surface area contributed by atoms with Crippen LogP contribution >= 0.6 is 11.6 Å². The SMILES string of the molecule is CC[C@@H](C)c1ccc(NC(=O)COc2ccc(Cl)c3ccccc23)cc1. The highest BCUT2D eigenvalue weighted by atomic mass is 35.5. The van der Waals surface area contributed by atoms with E-state index in [1.54, 1.807) is 12.1 Å². The Kier molecular flexibility index (Phi) is 5.79. The largest absolute Gasteiger partial charge is 0.483 e. The molecule has 26 heavy (non-hydrogen) atoms. The van der Waals surface area contributed by atoms with Crippen molar-refractivity contribution in [2.24, 2.45) is 0 Å². The second-order valence-electron chi connectivity index (χ2n) is 6.36. The van der Waals surface area contributed by atoms with Crippen molar-refractivity contribution in [1.29, 1.82) is 0 Å². The molecule has 0 aliphatic rings. The molecule has 134 valence electrons. The Balaban J connectivity index is 1.64. The molecule has 0 spiro atoms. The van der Waals surface area contributed by atoms with Crippen molar-refractivity contribution in [3.63, 3.8) is 0 Å². The van der Waals surface area contributed by atoms with Gasteiger partial charge in [0.15, 0.2) is 6.61 Å². The van der Waals surface area contributed by atoms with Gasteiger partial charge in [0, 0.05) is 21.5 Å². The summed E-state index contributed by atoms with van der Waals surface area (Å²) < 4.78 is 5.72. The first-order valence-electron chi connectivity index (χ1n) is 8.78. The third-order valence-electron chi connectivity index (χ3n) is 4.57. The zero-order valence-corrected chi connectivity index (χ0v) is 15.7. The van der Waals surface area contributed by atoms with Crippen molar-refractivity contribution in [3.05, 3.63) is 71.2 Å². The Morgan fingerprint density at radius 2 is 1.73 bits per heavy atom. The minimum absolute atomic E-state index is 0.0568. The van der Waals surface area contributed by atoms with Gasteiger partial charge in [-0.05, 0) is 42.2 Å².